The summed E-state index contributed by atoms with van der Waals surface area (Å²) >= 11 is 0. The highest BCUT2D eigenvalue weighted by atomic mass is 16.2. The van der Waals surface area contributed by atoms with E-state index in [9.17, 15) is 4.79 Å². The summed E-state index contributed by atoms with van der Waals surface area (Å²) in [7, 11) is 0. The van der Waals surface area contributed by atoms with Gasteiger partial charge in [0, 0.05) is 17.8 Å². The molecule has 0 bridgehead atoms. The summed E-state index contributed by atoms with van der Waals surface area (Å²) in [5.41, 5.74) is 4.67. The van der Waals surface area contributed by atoms with Crippen molar-refractivity contribution < 1.29 is 4.79 Å². The number of carbonyl (C=O) groups is 1. The maximum absolute atomic E-state index is 12.2. The van der Waals surface area contributed by atoms with Crippen LogP contribution in [0, 0.1) is 12.3 Å². The first-order valence-corrected chi connectivity index (χ1v) is 6.51. The lowest BCUT2D eigenvalue weighted by molar-refractivity contribution is -0.117. The second-order valence-corrected chi connectivity index (χ2v) is 5.06. The Morgan fingerprint density at radius 2 is 2.10 bits per heavy atom. The van der Waals surface area contributed by atoms with Gasteiger partial charge in [0.15, 0.2) is 4.98 Å². The molecule has 0 aliphatic carbocycles. The normalized spacial score (nSPS) is 13.2. The van der Waals surface area contributed by atoms with Crippen molar-refractivity contribution in [1.29, 1.82) is 5.39 Å². The van der Waals surface area contributed by atoms with Crippen molar-refractivity contribution in [2.45, 2.75) is 19.9 Å². The van der Waals surface area contributed by atoms with Crippen LogP contribution in [0.2, 0.25) is 0 Å². The third-order valence-electron chi connectivity index (χ3n) is 3.54. The summed E-state index contributed by atoms with van der Waals surface area (Å²) in [5.74, 6) is 0.108. The minimum absolute atomic E-state index is 0.108. The van der Waals surface area contributed by atoms with Crippen molar-refractivity contribution in [2.75, 3.05) is 4.90 Å². The Bertz CT molecular complexity index is 731. The zero-order valence-electron chi connectivity index (χ0n) is 11.2. The second-order valence-electron chi connectivity index (χ2n) is 5.06. The zero-order chi connectivity index (χ0) is 14.1. The predicted molar refractivity (Wildman–Crippen MR) is 77.3 cm³/mol. The largest absolute Gasteiger partial charge is 0.385 e. The molecular weight excluding hydrogens is 250 g/mol. The van der Waals surface area contributed by atoms with Gasteiger partial charge in [-0.25, -0.2) is 0 Å². The van der Waals surface area contributed by atoms with Crippen LogP contribution in [0.4, 0.5) is 11.4 Å². The number of fused-ring (bicyclic) bond motifs is 1. The van der Waals surface area contributed by atoms with Gasteiger partial charge in [-0.1, -0.05) is 29.8 Å². The number of hydrogen-bond acceptors (Lipinski definition) is 2. The predicted octanol–water partition coefficient (Wildman–Crippen LogP) is 3.57. The van der Waals surface area contributed by atoms with Gasteiger partial charge >= 0.3 is 5.69 Å². The van der Waals surface area contributed by atoms with Crippen molar-refractivity contribution >= 4 is 17.3 Å². The highest BCUT2D eigenvalue weighted by Crippen LogP contribution is 2.31. The maximum Gasteiger partial charge on any atom is 0.385 e. The van der Waals surface area contributed by atoms with E-state index in [0.29, 0.717) is 18.7 Å². The molecular formula is C16H14N3O+. The molecule has 3 rings (SSSR count). The first kappa shape index (κ1) is 12.4. The van der Waals surface area contributed by atoms with Crippen LogP contribution in [-0.2, 0) is 17.8 Å². The Kier molecular flexibility index (Phi) is 2.96. The Labute approximate surface area is 117 Å². The lowest BCUT2D eigenvalue weighted by Crippen LogP contribution is -2.25. The maximum atomic E-state index is 12.2. The molecule has 1 heterocycles. The molecule has 0 saturated heterocycles. The number of hydrogen-bond donors (Lipinski definition) is 0. The minimum atomic E-state index is 0.108. The molecule has 1 amide bonds. The summed E-state index contributed by atoms with van der Waals surface area (Å²) in [6.45, 7) is 2.53. The number of benzene rings is 2. The number of amides is 1. The lowest BCUT2D eigenvalue weighted by Gasteiger charge is -2.17. The molecule has 2 aromatic carbocycles. The fraction of sp³-hybridized carbons (Fsp3) is 0.188. The molecule has 0 unspecified atom stereocenters. The average molecular weight is 264 g/mol. The number of anilines is 1. The molecule has 0 saturated carbocycles. The van der Waals surface area contributed by atoms with Gasteiger partial charge in [-0.2, -0.15) is 0 Å². The van der Waals surface area contributed by atoms with Gasteiger partial charge in [-0.3, -0.25) is 4.79 Å². The van der Waals surface area contributed by atoms with E-state index in [0.717, 1.165) is 16.8 Å². The van der Waals surface area contributed by atoms with Crippen molar-refractivity contribution in [3.05, 3.63) is 64.1 Å². The average Bonchev–Trinajstić information content (AvgIpc) is 2.74. The van der Waals surface area contributed by atoms with Crippen molar-refractivity contribution in [3.8, 4) is 0 Å². The molecule has 4 heteroatoms. The third kappa shape index (κ3) is 2.14. The third-order valence-corrected chi connectivity index (χ3v) is 3.54. The molecule has 0 aromatic heterocycles. The SMILES string of the molecule is Cc1ccc2c(c1)CC(=O)N2Cc1cccc([N+]#N)c1. The van der Waals surface area contributed by atoms with Gasteiger partial charge < -0.3 is 4.90 Å². The van der Waals surface area contributed by atoms with Crippen molar-refractivity contribution in [3.63, 3.8) is 0 Å². The van der Waals surface area contributed by atoms with Gasteiger partial charge in [0.25, 0.3) is 0 Å². The Morgan fingerprint density at radius 3 is 2.90 bits per heavy atom. The van der Waals surface area contributed by atoms with E-state index in [1.54, 1.807) is 17.0 Å². The van der Waals surface area contributed by atoms with Crippen LogP contribution < -0.4 is 4.90 Å². The summed E-state index contributed by atoms with van der Waals surface area (Å²) in [4.78, 5) is 17.1. The molecule has 0 radical (unpaired) electrons. The van der Waals surface area contributed by atoms with Gasteiger partial charge in [0.05, 0.1) is 13.0 Å². The number of rotatable bonds is 2. The van der Waals surface area contributed by atoms with Gasteiger partial charge in [-0.15, -0.1) is 0 Å². The Hall–Kier alpha value is -2.67. The summed E-state index contributed by atoms with van der Waals surface area (Å²) in [5, 5.41) is 8.81. The van der Waals surface area contributed by atoms with E-state index < -0.39 is 0 Å². The molecule has 98 valence electrons. The molecule has 0 atom stereocenters. The minimum Gasteiger partial charge on any atom is -0.307 e. The Balaban J connectivity index is 1.92. The second kappa shape index (κ2) is 4.78. The van der Waals surface area contributed by atoms with Crippen molar-refractivity contribution in [2.24, 2.45) is 0 Å². The van der Waals surface area contributed by atoms with Gasteiger partial charge in [0.1, 0.15) is 0 Å². The van der Waals surface area contributed by atoms with Crippen LogP contribution >= 0.6 is 0 Å². The fourth-order valence-electron chi connectivity index (χ4n) is 2.58. The first-order chi connectivity index (χ1) is 9.67. The monoisotopic (exact) mass is 264 g/mol. The molecule has 1 aliphatic rings. The van der Waals surface area contributed by atoms with E-state index >= 15 is 0 Å². The number of nitrogens with zero attached hydrogens (tertiary/aromatic N) is 3. The first-order valence-electron chi connectivity index (χ1n) is 6.51. The van der Waals surface area contributed by atoms with Crippen LogP contribution in [0.1, 0.15) is 16.7 Å². The van der Waals surface area contributed by atoms with E-state index in [-0.39, 0.29) is 5.91 Å². The van der Waals surface area contributed by atoms with E-state index in [2.05, 4.69) is 11.0 Å². The van der Waals surface area contributed by atoms with Crippen LogP contribution in [-0.4, -0.2) is 5.91 Å². The van der Waals surface area contributed by atoms with Crippen LogP contribution in [0.3, 0.4) is 0 Å². The lowest BCUT2D eigenvalue weighted by atomic mass is 10.1. The molecule has 1 aliphatic heterocycles. The van der Waals surface area contributed by atoms with E-state index in [1.807, 2.05) is 31.2 Å². The van der Waals surface area contributed by atoms with Gasteiger partial charge in [0.2, 0.25) is 11.3 Å². The zero-order valence-corrected chi connectivity index (χ0v) is 11.2. The standard InChI is InChI=1S/C16H14N3O/c1-11-5-6-15-13(7-11)9-16(20)19(15)10-12-3-2-4-14(8-12)18-17/h2-8H,9-10H2,1H3/q+1. The molecule has 2 aromatic rings. The molecule has 0 fully saturated rings. The number of aryl methyl sites for hydroxylation is 1. The van der Waals surface area contributed by atoms with E-state index in [4.69, 9.17) is 5.39 Å². The molecule has 0 spiro atoms. The molecule has 20 heavy (non-hydrogen) atoms. The van der Waals surface area contributed by atoms with E-state index in [1.165, 1.54) is 5.56 Å². The van der Waals surface area contributed by atoms with Crippen LogP contribution in [0.5, 0.6) is 0 Å². The molecule has 4 nitrogen and oxygen atoms in total. The fourth-order valence-corrected chi connectivity index (χ4v) is 2.58. The number of diazo groups is 1. The summed E-state index contributed by atoms with van der Waals surface area (Å²) in [6.07, 6.45) is 0.459. The van der Waals surface area contributed by atoms with Crippen LogP contribution in [0.25, 0.3) is 4.98 Å². The topological polar surface area (TPSA) is 48.5 Å². The van der Waals surface area contributed by atoms with Crippen molar-refractivity contribution in [1.82, 2.24) is 0 Å². The smallest absolute Gasteiger partial charge is 0.307 e. The van der Waals surface area contributed by atoms with Crippen LogP contribution in [0.15, 0.2) is 42.5 Å². The summed E-state index contributed by atoms with van der Waals surface area (Å²) in [6, 6.07) is 13.3. The quantitative estimate of drug-likeness (QED) is 0.778. The number of carbonyl (C=O) groups excluding carboxylic acids is 1. The van der Waals surface area contributed by atoms with Gasteiger partial charge in [-0.05, 0) is 24.1 Å². The molecule has 0 N–H and O–H groups in total. The Morgan fingerprint density at radius 1 is 1.25 bits per heavy atom. The highest BCUT2D eigenvalue weighted by molar-refractivity contribution is 6.01. The highest BCUT2D eigenvalue weighted by Gasteiger charge is 2.27. The summed E-state index contributed by atoms with van der Waals surface area (Å²) < 4.78 is 0.